The van der Waals surface area contributed by atoms with Crippen LogP contribution in [0.25, 0.3) is 0 Å². The van der Waals surface area contributed by atoms with Crippen LogP contribution in [0.2, 0.25) is 0 Å². The molecule has 0 saturated heterocycles. The normalized spacial score (nSPS) is 20.3. The van der Waals surface area contributed by atoms with Gasteiger partial charge in [0.1, 0.15) is 0 Å². The van der Waals surface area contributed by atoms with Gasteiger partial charge in [0.2, 0.25) is 5.60 Å². The summed E-state index contributed by atoms with van der Waals surface area (Å²) < 4.78 is 9.84. The van der Waals surface area contributed by atoms with Gasteiger partial charge >= 0.3 is 5.97 Å². The maximum atomic E-state index is 12.0. The molecule has 1 aliphatic heterocycles. The predicted molar refractivity (Wildman–Crippen MR) is 74.6 cm³/mol. The summed E-state index contributed by atoms with van der Waals surface area (Å²) in [5.74, 6) is -0.477. The van der Waals surface area contributed by atoms with Gasteiger partial charge in [0.25, 0.3) is 0 Å². The first-order valence-electron chi connectivity index (χ1n) is 6.48. The van der Waals surface area contributed by atoms with Crippen LogP contribution in [0.1, 0.15) is 24.0 Å². The molecule has 0 amide bonds. The van der Waals surface area contributed by atoms with Crippen LogP contribution in [-0.4, -0.2) is 38.1 Å². The van der Waals surface area contributed by atoms with Crippen molar-refractivity contribution in [3.63, 3.8) is 0 Å². The number of oxime groups is 1. The molecule has 6 heteroatoms. The van der Waals surface area contributed by atoms with Crippen molar-refractivity contribution >= 4 is 11.7 Å². The van der Waals surface area contributed by atoms with Crippen molar-refractivity contribution in [1.29, 1.82) is 5.26 Å². The summed E-state index contributed by atoms with van der Waals surface area (Å²) in [6.45, 7) is 0.357. The molecule has 1 heterocycles. The summed E-state index contributed by atoms with van der Waals surface area (Å²) in [6, 6.07) is 9.09. The molecule has 1 unspecified atom stereocenters. The summed E-state index contributed by atoms with van der Waals surface area (Å²) in [7, 11) is 2.87. The Hall–Kier alpha value is -2.39. The van der Waals surface area contributed by atoms with Crippen molar-refractivity contribution in [2.75, 3.05) is 20.8 Å². The number of hydrogen-bond acceptors (Lipinski definition) is 6. The monoisotopic (exact) mass is 288 g/mol. The van der Waals surface area contributed by atoms with E-state index in [0.29, 0.717) is 24.3 Å². The summed E-state index contributed by atoms with van der Waals surface area (Å²) in [5, 5.41) is 12.9. The van der Waals surface area contributed by atoms with E-state index >= 15 is 0 Å². The third-order valence-electron chi connectivity index (χ3n) is 3.38. The summed E-state index contributed by atoms with van der Waals surface area (Å²) >= 11 is 0. The second kappa shape index (κ2) is 6.37. The fourth-order valence-corrected chi connectivity index (χ4v) is 2.20. The van der Waals surface area contributed by atoms with E-state index in [0.717, 1.165) is 5.56 Å². The maximum Gasteiger partial charge on any atom is 0.353 e. The Morgan fingerprint density at radius 2 is 2.33 bits per heavy atom. The van der Waals surface area contributed by atoms with E-state index in [9.17, 15) is 4.79 Å². The lowest BCUT2D eigenvalue weighted by Crippen LogP contribution is -2.41. The van der Waals surface area contributed by atoms with Crippen molar-refractivity contribution in [2.45, 2.75) is 18.4 Å². The van der Waals surface area contributed by atoms with Crippen molar-refractivity contribution in [1.82, 2.24) is 0 Å². The molecular formula is C15H16N2O4. The van der Waals surface area contributed by atoms with Gasteiger partial charge < -0.3 is 14.3 Å². The number of hydrogen-bond donors (Lipinski definition) is 0. The standard InChI is InChI=1S/C15H16N2O4/c1-19-7-6-15(14(18)20-2)9-13(17-21-15)12-5-3-4-11(8-12)10-16/h3-5,8H,6-7,9H2,1-2H3. The van der Waals surface area contributed by atoms with Gasteiger partial charge in [-0.1, -0.05) is 17.3 Å². The number of carbonyl (C=O) groups excluding carboxylic acids is 1. The van der Waals surface area contributed by atoms with Gasteiger partial charge in [0.15, 0.2) is 0 Å². The summed E-state index contributed by atoms with van der Waals surface area (Å²) in [4.78, 5) is 17.4. The Bertz CT molecular complexity index is 606. The van der Waals surface area contributed by atoms with Crippen LogP contribution >= 0.6 is 0 Å². The lowest BCUT2D eigenvalue weighted by molar-refractivity contribution is -0.168. The maximum absolute atomic E-state index is 12.0. The average molecular weight is 288 g/mol. The zero-order valence-electron chi connectivity index (χ0n) is 12.0. The Balaban J connectivity index is 2.22. The van der Waals surface area contributed by atoms with E-state index in [1.165, 1.54) is 7.11 Å². The Labute approximate surface area is 122 Å². The van der Waals surface area contributed by atoms with Crippen LogP contribution in [0.5, 0.6) is 0 Å². The molecular weight excluding hydrogens is 272 g/mol. The Morgan fingerprint density at radius 1 is 1.52 bits per heavy atom. The molecule has 0 saturated carbocycles. The van der Waals surface area contributed by atoms with Gasteiger partial charge in [-0.25, -0.2) is 4.79 Å². The second-order valence-corrected chi connectivity index (χ2v) is 4.73. The van der Waals surface area contributed by atoms with Gasteiger partial charge in [0, 0.05) is 25.5 Å². The average Bonchev–Trinajstić information content (AvgIpc) is 2.98. The summed E-state index contributed by atoms with van der Waals surface area (Å²) in [5.41, 5.74) is 0.761. The molecule has 1 aromatic rings. The topological polar surface area (TPSA) is 80.9 Å². The van der Waals surface area contributed by atoms with Crippen molar-refractivity contribution in [2.24, 2.45) is 5.16 Å². The van der Waals surface area contributed by atoms with Crippen LogP contribution in [0.3, 0.4) is 0 Å². The summed E-state index contributed by atoms with van der Waals surface area (Å²) in [6.07, 6.45) is 0.638. The highest BCUT2D eigenvalue weighted by molar-refractivity contribution is 6.04. The number of benzene rings is 1. The molecule has 0 N–H and O–H groups in total. The van der Waals surface area contributed by atoms with Gasteiger partial charge in [-0.05, 0) is 12.1 Å². The van der Waals surface area contributed by atoms with Gasteiger partial charge in [-0.2, -0.15) is 5.26 Å². The van der Waals surface area contributed by atoms with Crippen LogP contribution in [0.4, 0.5) is 0 Å². The lowest BCUT2D eigenvalue weighted by Gasteiger charge is -2.22. The van der Waals surface area contributed by atoms with E-state index in [1.54, 1.807) is 25.3 Å². The van der Waals surface area contributed by atoms with Crippen LogP contribution in [0, 0.1) is 11.3 Å². The molecule has 0 radical (unpaired) electrons. The highest BCUT2D eigenvalue weighted by Gasteiger charge is 2.47. The Morgan fingerprint density at radius 3 is 3.00 bits per heavy atom. The van der Waals surface area contributed by atoms with E-state index < -0.39 is 11.6 Å². The fourth-order valence-electron chi connectivity index (χ4n) is 2.20. The zero-order valence-corrected chi connectivity index (χ0v) is 12.0. The van der Waals surface area contributed by atoms with E-state index in [2.05, 4.69) is 11.2 Å². The number of carbonyl (C=O) groups is 1. The molecule has 6 nitrogen and oxygen atoms in total. The van der Waals surface area contributed by atoms with Crippen molar-refractivity contribution in [3.8, 4) is 6.07 Å². The first-order valence-corrected chi connectivity index (χ1v) is 6.48. The molecule has 0 bridgehead atoms. The molecule has 0 spiro atoms. The molecule has 21 heavy (non-hydrogen) atoms. The number of methoxy groups -OCH3 is 2. The SMILES string of the molecule is COCCC1(C(=O)OC)CC(c2cccc(C#N)c2)=NO1. The number of esters is 1. The zero-order chi connectivity index (χ0) is 15.3. The number of rotatable bonds is 5. The smallest absolute Gasteiger partial charge is 0.353 e. The molecule has 0 fully saturated rings. The number of nitrogens with zero attached hydrogens (tertiary/aromatic N) is 2. The fraction of sp³-hybridized carbons (Fsp3) is 0.400. The van der Waals surface area contributed by atoms with Crippen LogP contribution < -0.4 is 0 Å². The number of nitriles is 1. The van der Waals surface area contributed by atoms with Crippen molar-refractivity contribution < 1.29 is 19.1 Å². The third-order valence-corrected chi connectivity index (χ3v) is 3.38. The second-order valence-electron chi connectivity index (χ2n) is 4.73. The minimum atomic E-state index is -1.15. The van der Waals surface area contributed by atoms with E-state index in [1.807, 2.05) is 6.07 Å². The molecule has 0 aliphatic carbocycles. The Kier molecular flexibility index (Phi) is 4.55. The highest BCUT2D eigenvalue weighted by atomic mass is 16.7. The van der Waals surface area contributed by atoms with Gasteiger partial charge in [-0.3, -0.25) is 0 Å². The molecule has 1 atom stereocenters. The van der Waals surface area contributed by atoms with Gasteiger partial charge in [0.05, 0.1) is 31.1 Å². The first kappa shape index (κ1) is 15.0. The van der Waals surface area contributed by atoms with E-state index in [4.69, 9.17) is 19.6 Å². The minimum Gasteiger partial charge on any atom is -0.466 e. The third kappa shape index (κ3) is 3.03. The minimum absolute atomic E-state index is 0.290. The first-order chi connectivity index (χ1) is 10.1. The molecule has 0 aromatic heterocycles. The molecule has 110 valence electrons. The molecule has 2 rings (SSSR count). The lowest BCUT2D eigenvalue weighted by atomic mass is 9.91. The van der Waals surface area contributed by atoms with E-state index in [-0.39, 0.29) is 6.42 Å². The highest BCUT2D eigenvalue weighted by Crippen LogP contribution is 2.31. The van der Waals surface area contributed by atoms with Crippen LogP contribution in [0.15, 0.2) is 29.4 Å². The number of ether oxygens (including phenoxy) is 2. The van der Waals surface area contributed by atoms with Crippen LogP contribution in [-0.2, 0) is 19.1 Å². The predicted octanol–water partition coefficient (Wildman–Crippen LogP) is 1.63. The van der Waals surface area contributed by atoms with Gasteiger partial charge in [-0.15, -0.1) is 0 Å². The molecule has 1 aliphatic rings. The largest absolute Gasteiger partial charge is 0.466 e. The molecule has 1 aromatic carbocycles. The van der Waals surface area contributed by atoms with Crippen molar-refractivity contribution in [3.05, 3.63) is 35.4 Å². The quantitative estimate of drug-likeness (QED) is 0.769.